The van der Waals surface area contributed by atoms with Crippen molar-refractivity contribution in [2.45, 2.75) is 58.0 Å². The highest BCUT2D eigenvalue weighted by Gasteiger charge is 2.22. The van der Waals surface area contributed by atoms with Crippen LogP contribution in [0.25, 0.3) is 0 Å². The molecule has 19 heavy (non-hydrogen) atoms. The summed E-state index contributed by atoms with van der Waals surface area (Å²) in [5.74, 6) is 0.517. The number of hydrogen-bond donors (Lipinski definition) is 1. The van der Waals surface area contributed by atoms with Gasteiger partial charge in [-0.15, -0.1) is 0 Å². The summed E-state index contributed by atoms with van der Waals surface area (Å²) in [4.78, 5) is 0. The third kappa shape index (κ3) is 3.93. The normalized spacial score (nSPS) is 25.3. The van der Waals surface area contributed by atoms with Crippen LogP contribution in [0.15, 0.2) is 18.2 Å². The van der Waals surface area contributed by atoms with Crippen molar-refractivity contribution in [3.63, 3.8) is 0 Å². The van der Waals surface area contributed by atoms with Gasteiger partial charge in [0.05, 0.1) is 5.02 Å². The van der Waals surface area contributed by atoms with Gasteiger partial charge in [0.15, 0.2) is 0 Å². The maximum Gasteiger partial charge on any atom is 0.142 e. The monoisotopic (exact) mass is 283 g/mol. The number of nitrogens with one attached hydrogen (secondary N) is 1. The number of rotatable bonds is 4. The minimum atomic E-state index is -0.331. The summed E-state index contributed by atoms with van der Waals surface area (Å²) in [6, 6.07) is 5.82. The van der Waals surface area contributed by atoms with Crippen molar-refractivity contribution in [2.24, 2.45) is 5.92 Å². The molecule has 1 nitrogen and oxygen atoms in total. The molecular weight excluding hydrogens is 261 g/mol. The van der Waals surface area contributed by atoms with Gasteiger partial charge in [0.2, 0.25) is 0 Å². The van der Waals surface area contributed by atoms with Gasteiger partial charge >= 0.3 is 0 Å². The SMILES string of the molecule is CCC1CCCC(NC(C)c2ccc(Cl)c(F)c2)C1. The Bertz CT molecular complexity index is 421. The van der Waals surface area contributed by atoms with Crippen molar-refractivity contribution in [2.75, 3.05) is 0 Å². The molecule has 1 N–H and O–H groups in total. The first-order valence-corrected chi connectivity index (χ1v) is 7.69. The van der Waals surface area contributed by atoms with E-state index in [4.69, 9.17) is 11.6 Å². The molecular formula is C16H23ClFN. The molecule has 1 aromatic carbocycles. The summed E-state index contributed by atoms with van der Waals surface area (Å²) in [5, 5.41) is 3.83. The summed E-state index contributed by atoms with van der Waals surface area (Å²) < 4.78 is 13.5. The van der Waals surface area contributed by atoms with Crippen LogP contribution in [-0.4, -0.2) is 6.04 Å². The average Bonchev–Trinajstić information content (AvgIpc) is 2.42. The molecule has 1 saturated carbocycles. The molecule has 0 amide bonds. The van der Waals surface area contributed by atoms with Gasteiger partial charge in [-0.1, -0.05) is 43.9 Å². The van der Waals surface area contributed by atoms with Crippen molar-refractivity contribution >= 4 is 11.6 Å². The molecule has 0 aliphatic heterocycles. The summed E-state index contributed by atoms with van der Waals surface area (Å²) >= 11 is 5.72. The zero-order valence-corrected chi connectivity index (χ0v) is 12.5. The summed E-state index contributed by atoms with van der Waals surface area (Å²) in [6.07, 6.45) is 6.41. The Labute approximate surface area is 120 Å². The van der Waals surface area contributed by atoms with Crippen LogP contribution in [0.3, 0.4) is 0 Å². The first-order valence-electron chi connectivity index (χ1n) is 7.31. The molecule has 3 heteroatoms. The number of benzene rings is 1. The minimum absolute atomic E-state index is 0.173. The Morgan fingerprint density at radius 1 is 1.42 bits per heavy atom. The number of hydrogen-bond acceptors (Lipinski definition) is 1. The Hall–Kier alpha value is -0.600. The highest BCUT2D eigenvalue weighted by Crippen LogP contribution is 2.28. The van der Waals surface area contributed by atoms with Crippen molar-refractivity contribution in [3.05, 3.63) is 34.6 Å². The van der Waals surface area contributed by atoms with Gasteiger partial charge in [0.25, 0.3) is 0 Å². The quantitative estimate of drug-likeness (QED) is 0.811. The van der Waals surface area contributed by atoms with Gasteiger partial charge in [-0.05, 0) is 43.4 Å². The second kappa shape index (κ2) is 6.71. The summed E-state index contributed by atoms with van der Waals surface area (Å²) in [6.45, 7) is 4.36. The molecule has 106 valence electrons. The molecule has 3 atom stereocenters. The Morgan fingerprint density at radius 3 is 2.89 bits per heavy atom. The largest absolute Gasteiger partial charge is 0.307 e. The predicted molar refractivity (Wildman–Crippen MR) is 79.0 cm³/mol. The Kier molecular flexibility index (Phi) is 5.23. The Morgan fingerprint density at radius 2 is 2.21 bits per heavy atom. The first-order chi connectivity index (χ1) is 9.10. The van der Waals surface area contributed by atoms with E-state index in [1.807, 2.05) is 6.07 Å². The summed E-state index contributed by atoms with van der Waals surface area (Å²) in [7, 11) is 0. The van der Waals surface area contributed by atoms with Crippen LogP contribution < -0.4 is 5.32 Å². The lowest BCUT2D eigenvalue weighted by Crippen LogP contribution is -2.35. The molecule has 0 spiro atoms. The van der Waals surface area contributed by atoms with Crippen LogP contribution in [0.1, 0.15) is 57.6 Å². The topological polar surface area (TPSA) is 12.0 Å². The second-order valence-corrected chi connectivity index (χ2v) is 6.11. The van der Waals surface area contributed by atoms with Crippen molar-refractivity contribution in [3.8, 4) is 0 Å². The van der Waals surface area contributed by atoms with Gasteiger partial charge < -0.3 is 5.32 Å². The fourth-order valence-corrected chi connectivity index (χ4v) is 3.16. The summed E-state index contributed by atoms with van der Waals surface area (Å²) in [5.41, 5.74) is 0.973. The average molecular weight is 284 g/mol. The fraction of sp³-hybridized carbons (Fsp3) is 0.625. The van der Waals surface area contributed by atoms with E-state index in [0.717, 1.165) is 11.5 Å². The van der Waals surface area contributed by atoms with E-state index in [1.54, 1.807) is 12.1 Å². The van der Waals surface area contributed by atoms with E-state index in [-0.39, 0.29) is 16.9 Å². The molecule has 1 aliphatic rings. The van der Waals surface area contributed by atoms with Crippen LogP contribution in [0, 0.1) is 11.7 Å². The third-order valence-electron chi connectivity index (χ3n) is 4.29. The molecule has 0 bridgehead atoms. The van der Waals surface area contributed by atoms with Gasteiger partial charge in [-0.25, -0.2) is 4.39 Å². The van der Waals surface area contributed by atoms with Crippen LogP contribution in [0.5, 0.6) is 0 Å². The van der Waals surface area contributed by atoms with E-state index < -0.39 is 0 Å². The molecule has 1 aromatic rings. The van der Waals surface area contributed by atoms with E-state index in [0.29, 0.717) is 6.04 Å². The van der Waals surface area contributed by atoms with Crippen LogP contribution in [0.2, 0.25) is 5.02 Å². The first kappa shape index (κ1) is 14.8. The molecule has 0 aromatic heterocycles. The molecule has 2 rings (SSSR count). The maximum atomic E-state index is 13.5. The van der Waals surface area contributed by atoms with Crippen molar-refractivity contribution in [1.29, 1.82) is 0 Å². The lowest BCUT2D eigenvalue weighted by Gasteiger charge is -2.31. The van der Waals surface area contributed by atoms with Gasteiger partial charge in [-0.2, -0.15) is 0 Å². The zero-order valence-electron chi connectivity index (χ0n) is 11.8. The highest BCUT2D eigenvalue weighted by atomic mass is 35.5. The van der Waals surface area contributed by atoms with E-state index in [1.165, 1.54) is 32.1 Å². The maximum absolute atomic E-state index is 13.5. The molecule has 0 heterocycles. The molecule has 3 unspecified atom stereocenters. The molecule has 1 fully saturated rings. The van der Waals surface area contributed by atoms with Crippen molar-refractivity contribution < 1.29 is 4.39 Å². The zero-order chi connectivity index (χ0) is 13.8. The lowest BCUT2D eigenvalue weighted by molar-refractivity contribution is 0.266. The minimum Gasteiger partial charge on any atom is -0.307 e. The smallest absolute Gasteiger partial charge is 0.142 e. The van der Waals surface area contributed by atoms with Gasteiger partial charge in [-0.3, -0.25) is 0 Å². The van der Waals surface area contributed by atoms with Crippen molar-refractivity contribution in [1.82, 2.24) is 5.32 Å². The Balaban J connectivity index is 1.96. The molecule has 0 saturated heterocycles. The predicted octanol–water partition coefficient (Wildman–Crippen LogP) is 5.10. The van der Waals surface area contributed by atoms with E-state index in [9.17, 15) is 4.39 Å². The molecule has 0 radical (unpaired) electrons. The standard InChI is InChI=1S/C16H23ClFN/c1-3-12-5-4-6-14(9-12)19-11(2)13-7-8-15(17)16(18)10-13/h7-8,10-12,14,19H,3-6,9H2,1-2H3. The third-order valence-corrected chi connectivity index (χ3v) is 4.60. The van der Waals surface area contributed by atoms with Crippen LogP contribution >= 0.6 is 11.6 Å². The van der Waals surface area contributed by atoms with Crippen LogP contribution in [-0.2, 0) is 0 Å². The van der Waals surface area contributed by atoms with Crippen LogP contribution in [0.4, 0.5) is 4.39 Å². The van der Waals surface area contributed by atoms with E-state index >= 15 is 0 Å². The van der Waals surface area contributed by atoms with Gasteiger partial charge in [0, 0.05) is 12.1 Å². The number of halogens is 2. The fourth-order valence-electron chi connectivity index (χ4n) is 3.04. The molecule has 1 aliphatic carbocycles. The highest BCUT2D eigenvalue weighted by molar-refractivity contribution is 6.30. The lowest BCUT2D eigenvalue weighted by atomic mass is 9.84. The second-order valence-electron chi connectivity index (χ2n) is 5.70. The van der Waals surface area contributed by atoms with Gasteiger partial charge in [0.1, 0.15) is 5.82 Å². The van der Waals surface area contributed by atoms with E-state index in [2.05, 4.69) is 19.2 Å².